The van der Waals surface area contributed by atoms with Crippen molar-refractivity contribution in [1.29, 1.82) is 0 Å². The molecule has 0 radical (unpaired) electrons. The molecule has 2 aromatic rings. The van der Waals surface area contributed by atoms with Crippen molar-refractivity contribution in [3.63, 3.8) is 0 Å². The van der Waals surface area contributed by atoms with Gasteiger partial charge in [-0.05, 0) is 30.2 Å². The maximum atomic E-state index is 11.9. The van der Waals surface area contributed by atoms with Gasteiger partial charge in [0.2, 0.25) is 0 Å². The summed E-state index contributed by atoms with van der Waals surface area (Å²) in [5.41, 5.74) is 2.52. The zero-order valence-corrected chi connectivity index (χ0v) is 13.5. The molecule has 120 valence electrons. The largest absolute Gasteiger partial charge is 0.363 e. The third-order valence-corrected chi connectivity index (χ3v) is 3.37. The highest BCUT2D eigenvalue weighted by Crippen LogP contribution is 2.11. The summed E-state index contributed by atoms with van der Waals surface area (Å²) in [6.45, 7) is 2.27. The van der Waals surface area contributed by atoms with Crippen molar-refractivity contribution in [3.05, 3.63) is 53.7 Å². The molecule has 0 bridgehead atoms. The molecule has 0 fully saturated rings. The number of pyridine rings is 1. The minimum atomic E-state index is -0.710. The maximum Gasteiger partial charge on any atom is 0.313 e. The summed E-state index contributed by atoms with van der Waals surface area (Å²) in [6, 6.07) is 11.2. The first kappa shape index (κ1) is 16.5. The fourth-order valence-electron chi connectivity index (χ4n) is 1.98. The van der Waals surface area contributed by atoms with Crippen molar-refractivity contribution in [3.8, 4) is 0 Å². The third kappa shape index (κ3) is 4.54. The average Bonchev–Trinajstić information content (AvgIpc) is 2.54. The quantitative estimate of drug-likeness (QED) is 0.843. The van der Waals surface area contributed by atoms with Crippen LogP contribution in [-0.2, 0) is 16.1 Å². The van der Waals surface area contributed by atoms with Gasteiger partial charge in [-0.2, -0.15) is 0 Å². The number of rotatable bonds is 4. The number of amides is 2. The van der Waals surface area contributed by atoms with E-state index in [1.165, 1.54) is 6.20 Å². The van der Waals surface area contributed by atoms with E-state index in [1.54, 1.807) is 12.1 Å². The Hall–Kier alpha value is -2.89. The number of carbonyl (C=O) groups excluding carboxylic acids is 2. The number of nitrogens with one attached hydrogen (secondary N) is 2. The molecule has 6 nitrogen and oxygen atoms in total. The molecule has 0 spiro atoms. The maximum absolute atomic E-state index is 11.9. The molecule has 1 heterocycles. The van der Waals surface area contributed by atoms with Crippen LogP contribution < -0.4 is 15.5 Å². The average molecular weight is 312 g/mol. The van der Waals surface area contributed by atoms with E-state index < -0.39 is 11.8 Å². The monoisotopic (exact) mass is 312 g/mol. The molecule has 0 aliphatic rings. The summed E-state index contributed by atoms with van der Waals surface area (Å²) in [5.74, 6) is -0.616. The van der Waals surface area contributed by atoms with Gasteiger partial charge in [0.05, 0.1) is 11.9 Å². The predicted octanol–water partition coefficient (Wildman–Crippen LogP) is 1.71. The van der Waals surface area contributed by atoms with Crippen LogP contribution in [0.5, 0.6) is 0 Å². The lowest BCUT2D eigenvalue weighted by atomic mass is 10.1. The topological polar surface area (TPSA) is 74.3 Å². The zero-order valence-electron chi connectivity index (χ0n) is 13.5. The van der Waals surface area contributed by atoms with Crippen LogP contribution in [0.2, 0.25) is 0 Å². The van der Waals surface area contributed by atoms with Gasteiger partial charge in [0, 0.05) is 20.6 Å². The fourth-order valence-corrected chi connectivity index (χ4v) is 1.98. The first-order valence-electron chi connectivity index (χ1n) is 7.24. The van der Waals surface area contributed by atoms with Gasteiger partial charge >= 0.3 is 11.8 Å². The normalized spacial score (nSPS) is 10.0. The smallest absolute Gasteiger partial charge is 0.313 e. The van der Waals surface area contributed by atoms with Gasteiger partial charge in [-0.3, -0.25) is 9.59 Å². The molecule has 2 N–H and O–H groups in total. The van der Waals surface area contributed by atoms with Crippen LogP contribution >= 0.6 is 0 Å². The number of aromatic nitrogens is 1. The van der Waals surface area contributed by atoms with Crippen molar-refractivity contribution in [2.75, 3.05) is 24.3 Å². The lowest BCUT2D eigenvalue weighted by molar-refractivity contribution is -0.136. The fraction of sp³-hybridized carbons (Fsp3) is 0.235. The lowest BCUT2D eigenvalue weighted by Crippen LogP contribution is -2.35. The van der Waals surface area contributed by atoms with Gasteiger partial charge < -0.3 is 15.5 Å². The van der Waals surface area contributed by atoms with E-state index in [4.69, 9.17) is 0 Å². The molecule has 0 saturated heterocycles. The number of nitrogens with zero attached hydrogens (tertiary/aromatic N) is 2. The van der Waals surface area contributed by atoms with Gasteiger partial charge in [0.15, 0.2) is 0 Å². The summed E-state index contributed by atoms with van der Waals surface area (Å²) in [5, 5.41) is 5.14. The van der Waals surface area contributed by atoms with Crippen LogP contribution in [-0.4, -0.2) is 30.9 Å². The molecule has 6 heteroatoms. The van der Waals surface area contributed by atoms with Crippen LogP contribution in [0.4, 0.5) is 11.5 Å². The molecule has 1 aromatic carbocycles. The standard InChI is InChI=1S/C17H20N4O2/c1-12-6-4-5-7-13(12)10-19-16(22)17(23)20-14-8-9-15(18-11-14)21(2)3/h4-9,11H,10H2,1-3H3,(H,19,22)(H,20,23). The lowest BCUT2D eigenvalue weighted by Gasteiger charge is -2.12. The minimum absolute atomic E-state index is 0.316. The Morgan fingerprint density at radius 3 is 2.43 bits per heavy atom. The Labute approximate surface area is 135 Å². The van der Waals surface area contributed by atoms with E-state index in [0.717, 1.165) is 16.9 Å². The SMILES string of the molecule is Cc1ccccc1CNC(=O)C(=O)Nc1ccc(N(C)C)nc1. The summed E-state index contributed by atoms with van der Waals surface area (Å²) in [7, 11) is 3.75. The predicted molar refractivity (Wildman–Crippen MR) is 90.2 cm³/mol. The summed E-state index contributed by atoms with van der Waals surface area (Å²) >= 11 is 0. The molecule has 2 rings (SSSR count). The third-order valence-electron chi connectivity index (χ3n) is 3.37. The molecule has 0 aliphatic heterocycles. The Balaban J connectivity index is 1.90. The van der Waals surface area contributed by atoms with E-state index in [1.807, 2.05) is 50.2 Å². The molecular formula is C17H20N4O2. The molecule has 0 aliphatic carbocycles. The van der Waals surface area contributed by atoms with Crippen molar-refractivity contribution in [2.24, 2.45) is 0 Å². The van der Waals surface area contributed by atoms with Gasteiger partial charge in [-0.25, -0.2) is 4.98 Å². The van der Waals surface area contributed by atoms with Gasteiger partial charge in [0.25, 0.3) is 0 Å². The van der Waals surface area contributed by atoms with E-state index in [9.17, 15) is 9.59 Å². The summed E-state index contributed by atoms with van der Waals surface area (Å²) in [6.07, 6.45) is 1.52. The van der Waals surface area contributed by atoms with Gasteiger partial charge in [-0.15, -0.1) is 0 Å². The number of hydrogen-bond donors (Lipinski definition) is 2. The number of benzene rings is 1. The van der Waals surface area contributed by atoms with Crippen molar-refractivity contribution in [2.45, 2.75) is 13.5 Å². The highest BCUT2D eigenvalue weighted by atomic mass is 16.2. The van der Waals surface area contributed by atoms with Crippen molar-refractivity contribution >= 4 is 23.3 Å². The highest BCUT2D eigenvalue weighted by molar-refractivity contribution is 6.39. The van der Waals surface area contributed by atoms with Crippen LogP contribution in [0.1, 0.15) is 11.1 Å². The molecule has 2 amide bonds. The summed E-state index contributed by atoms with van der Waals surface area (Å²) in [4.78, 5) is 29.8. The molecule has 0 atom stereocenters. The van der Waals surface area contributed by atoms with Crippen LogP contribution in [0, 0.1) is 6.92 Å². The van der Waals surface area contributed by atoms with Gasteiger partial charge in [-0.1, -0.05) is 24.3 Å². The Morgan fingerprint density at radius 1 is 1.09 bits per heavy atom. The Morgan fingerprint density at radius 2 is 1.83 bits per heavy atom. The second-order valence-electron chi connectivity index (χ2n) is 5.36. The molecule has 0 unspecified atom stereocenters. The zero-order chi connectivity index (χ0) is 16.8. The molecular weight excluding hydrogens is 292 g/mol. The van der Waals surface area contributed by atoms with E-state index in [2.05, 4.69) is 15.6 Å². The highest BCUT2D eigenvalue weighted by Gasteiger charge is 2.14. The van der Waals surface area contributed by atoms with E-state index >= 15 is 0 Å². The second-order valence-corrected chi connectivity index (χ2v) is 5.36. The number of aryl methyl sites for hydroxylation is 1. The number of carbonyl (C=O) groups is 2. The van der Waals surface area contributed by atoms with E-state index in [0.29, 0.717) is 12.2 Å². The Bertz CT molecular complexity index is 696. The number of anilines is 2. The molecule has 0 saturated carbocycles. The summed E-state index contributed by atoms with van der Waals surface area (Å²) < 4.78 is 0. The van der Waals surface area contributed by atoms with Gasteiger partial charge in [0.1, 0.15) is 5.82 Å². The minimum Gasteiger partial charge on any atom is -0.363 e. The first-order chi connectivity index (χ1) is 11.0. The van der Waals surface area contributed by atoms with Crippen LogP contribution in [0.15, 0.2) is 42.6 Å². The van der Waals surface area contributed by atoms with E-state index in [-0.39, 0.29) is 0 Å². The second kappa shape index (κ2) is 7.40. The Kier molecular flexibility index (Phi) is 5.30. The van der Waals surface area contributed by atoms with Crippen LogP contribution in [0.3, 0.4) is 0 Å². The van der Waals surface area contributed by atoms with Crippen LogP contribution in [0.25, 0.3) is 0 Å². The first-order valence-corrected chi connectivity index (χ1v) is 7.24. The molecule has 23 heavy (non-hydrogen) atoms. The van der Waals surface area contributed by atoms with Crippen molar-refractivity contribution < 1.29 is 9.59 Å². The molecule has 1 aromatic heterocycles. The number of hydrogen-bond acceptors (Lipinski definition) is 4. The van der Waals surface area contributed by atoms with Crippen molar-refractivity contribution in [1.82, 2.24) is 10.3 Å².